The number of ketones is 1. The summed E-state index contributed by atoms with van der Waals surface area (Å²) in [7, 11) is -4.20. The van der Waals surface area contributed by atoms with Gasteiger partial charge < -0.3 is 10.4 Å². The van der Waals surface area contributed by atoms with Crippen LogP contribution in [0.4, 0.5) is 11.4 Å². The molecule has 1 aliphatic carbocycles. The molecule has 0 saturated heterocycles. The van der Waals surface area contributed by atoms with E-state index < -0.39 is 32.9 Å². The molecule has 0 saturated carbocycles. The zero-order valence-corrected chi connectivity index (χ0v) is 17.8. The third-order valence-electron chi connectivity index (χ3n) is 6.13. The molecule has 1 atom stereocenters. The molecule has 3 aromatic carbocycles. The number of carbonyl (C=O) groups excluding carboxylic acids is 2. The molecule has 0 aromatic heterocycles. The third-order valence-corrected chi connectivity index (χ3v) is 7.59. The Kier molecular flexibility index (Phi) is 4.60. The number of amides is 1. The predicted molar refractivity (Wildman–Crippen MR) is 117 cm³/mol. The van der Waals surface area contributed by atoms with Crippen molar-refractivity contribution in [3.8, 4) is 0 Å². The summed E-state index contributed by atoms with van der Waals surface area (Å²) < 4.78 is 28.7. The molecule has 1 amide bonds. The van der Waals surface area contributed by atoms with E-state index in [9.17, 15) is 33.2 Å². The van der Waals surface area contributed by atoms with Gasteiger partial charge in [0.25, 0.3) is 11.6 Å². The summed E-state index contributed by atoms with van der Waals surface area (Å²) in [5.41, 5.74) is -0.926. The number of aliphatic hydroxyl groups is 1. The SMILES string of the molecule is O=C1Nc2ccc(S(=O)(=O)NCC3(O)C(=O)CCc4cc([N+](=O)[O-])ccc43)c3cccc1c23. The maximum Gasteiger partial charge on any atom is 0.269 e. The van der Waals surface area contributed by atoms with Crippen LogP contribution in [-0.4, -0.2) is 36.7 Å². The third kappa shape index (κ3) is 3.20. The van der Waals surface area contributed by atoms with Crippen molar-refractivity contribution in [1.82, 2.24) is 4.72 Å². The highest BCUT2D eigenvalue weighted by molar-refractivity contribution is 7.89. The summed E-state index contributed by atoms with van der Waals surface area (Å²) in [6.45, 7) is -0.640. The Hall–Kier alpha value is -3.67. The van der Waals surface area contributed by atoms with E-state index in [0.29, 0.717) is 27.6 Å². The minimum atomic E-state index is -4.20. The number of nitrogens with one attached hydrogen (secondary N) is 2. The van der Waals surface area contributed by atoms with Gasteiger partial charge >= 0.3 is 0 Å². The lowest BCUT2D eigenvalue weighted by atomic mass is 9.78. The summed E-state index contributed by atoms with van der Waals surface area (Å²) in [5.74, 6) is -0.910. The maximum atomic E-state index is 13.2. The van der Waals surface area contributed by atoms with E-state index in [-0.39, 0.29) is 34.9 Å². The number of benzene rings is 3. The lowest BCUT2D eigenvalue weighted by Crippen LogP contribution is -2.49. The van der Waals surface area contributed by atoms with Crippen LogP contribution in [0, 0.1) is 10.1 Å². The fraction of sp³-hybridized carbons (Fsp3) is 0.182. The average Bonchev–Trinajstić information content (AvgIpc) is 3.12. The highest BCUT2D eigenvalue weighted by atomic mass is 32.2. The van der Waals surface area contributed by atoms with Gasteiger partial charge in [0, 0.05) is 40.6 Å². The Morgan fingerprint density at radius 1 is 1.12 bits per heavy atom. The van der Waals surface area contributed by atoms with Crippen molar-refractivity contribution in [2.75, 3.05) is 11.9 Å². The molecule has 3 N–H and O–H groups in total. The van der Waals surface area contributed by atoms with E-state index >= 15 is 0 Å². The molecule has 0 radical (unpaired) electrons. The van der Waals surface area contributed by atoms with Crippen LogP contribution in [0.5, 0.6) is 0 Å². The van der Waals surface area contributed by atoms with E-state index in [0.717, 1.165) is 0 Å². The van der Waals surface area contributed by atoms with Gasteiger partial charge in [0.2, 0.25) is 10.0 Å². The van der Waals surface area contributed by atoms with Crippen LogP contribution in [0.1, 0.15) is 27.9 Å². The second-order valence-electron chi connectivity index (χ2n) is 8.00. The highest BCUT2D eigenvalue weighted by Gasteiger charge is 2.43. The van der Waals surface area contributed by atoms with Crippen LogP contribution in [0.3, 0.4) is 0 Å². The van der Waals surface area contributed by atoms with Crippen molar-refractivity contribution >= 4 is 43.9 Å². The van der Waals surface area contributed by atoms with Crippen molar-refractivity contribution in [1.29, 1.82) is 0 Å². The molecule has 1 heterocycles. The van der Waals surface area contributed by atoms with Gasteiger partial charge in [-0.25, -0.2) is 13.1 Å². The first-order valence-electron chi connectivity index (χ1n) is 10.0. The maximum absolute atomic E-state index is 13.2. The topological polar surface area (TPSA) is 156 Å². The summed E-state index contributed by atoms with van der Waals surface area (Å²) in [6, 6.07) is 11.3. The van der Waals surface area contributed by atoms with Crippen LogP contribution in [0.15, 0.2) is 53.4 Å². The molecule has 0 spiro atoms. The van der Waals surface area contributed by atoms with Crippen molar-refractivity contribution in [3.05, 3.63) is 75.3 Å². The van der Waals surface area contributed by atoms with Crippen LogP contribution in [0.2, 0.25) is 0 Å². The molecular weight excluding hydrogens is 450 g/mol. The molecule has 168 valence electrons. The van der Waals surface area contributed by atoms with E-state index in [1.54, 1.807) is 18.2 Å². The van der Waals surface area contributed by atoms with E-state index in [2.05, 4.69) is 10.0 Å². The number of nitro groups is 1. The minimum absolute atomic E-state index is 0.0822. The number of rotatable bonds is 5. The first-order valence-corrected chi connectivity index (χ1v) is 11.5. The summed E-state index contributed by atoms with van der Waals surface area (Å²) >= 11 is 0. The summed E-state index contributed by atoms with van der Waals surface area (Å²) in [4.78, 5) is 35.1. The van der Waals surface area contributed by atoms with Crippen molar-refractivity contribution < 1.29 is 28.0 Å². The second-order valence-corrected chi connectivity index (χ2v) is 9.74. The number of hydrogen-bond donors (Lipinski definition) is 3. The highest BCUT2D eigenvalue weighted by Crippen LogP contribution is 2.38. The number of aryl methyl sites for hydroxylation is 1. The number of non-ortho nitro benzene ring substituents is 1. The number of carbonyl (C=O) groups is 2. The largest absolute Gasteiger partial charge is 0.376 e. The molecule has 1 aliphatic heterocycles. The smallest absolute Gasteiger partial charge is 0.269 e. The molecule has 10 nitrogen and oxygen atoms in total. The number of sulfonamides is 1. The zero-order valence-electron chi connectivity index (χ0n) is 17.0. The Bertz CT molecular complexity index is 1500. The number of nitro benzene ring substituents is 1. The van der Waals surface area contributed by atoms with Crippen molar-refractivity contribution in [2.45, 2.75) is 23.3 Å². The van der Waals surface area contributed by atoms with E-state index in [4.69, 9.17) is 0 Å². The van der Waals surface area contributed by atoms with Gasteiger partial charge in [-0.15, -0.1) is 0 Å². The van der Waals surface area contributed by atoms with Gasteiger partial charge in [-0.05, 0) is 41.8 Å². The molecular formula is C22H17N3O7S. The summed E-state index contributed by atoms with van der Waals surface area (Å²) in [6.07, 6.45) is 0.127. The van der Waals surface area contributed by atoms with Crippen molar-refractivity contribution in [3.63, 3.8) is 0 Å². The lowest BCUT2D eigenvalue weighted by Gasteiger charge is -2.33. The fourth-order valence-corrected chi connectivity index (χ4v) is 5.74. The van der Waals surface area contributed by atoms with Gasteiger partial charge in [-0.1, -0.05) is 12.1 Å². The molecule has 11 heteroatoms. The number of fused-ring (bicyclic) bond motifs is 1. The van der Waals surface area contributed by atoms with Crippen molar-refractivity contribution in [2.24, 2.45) is 0 Å². The Morgan fingerprint density at radius 3 is 2.67 bits per heavy atom. The Labute approximate surface area is 187 Å². The molecule has 33 heavy (non-hydrogen) atoms. The van der Waals surface area contributed by atoms with Gasteiger partial charge in [0.15, 0.2) is 11.4 Å². The Morgan fingerprint density at radius 2 is 1.91 bits per heavy atom. The average molecular weight is 467 g/mol. The van der Waals surface area contributed by atoms with E-state index in [1.807, 2.05) is 0 Å². The molecule has 1 unspecified atom stereocenters. The van der Waals surface area contributed by atoms with Crippen LogP contribution < -0.4 is 10.0 Å². The quantitative estimate of drug-likeness (QED) is 0.383. The first kappa shape index (κ1) is 21.2. The molecule has 5 rings (SSSR count). The number of nitrogens with zero attached hydrogens (tertiary/aromatic N) is 1. The van der Waals surface area contributed by atoms with Gasteiger partial charge in [-0.3, -0.25) is 19.7 Å². The van der Waals surface area contributed by atoms with E-state index in [1.165, 1.54) is 30.3 Å². The number of anilines is 1. The molecule has 0 fully saturated rings. The van der Waals surface area contributed by atoms with Gasteiger partial charge in [-0.2, -0.15) is 0 Å². The monoisotopic (exact) mass is 467 g/mol. The summed E-state index contributed by atoms with van der Waals surface area (Å²) in [5, 5.41) is 25.7. The molecule has 0 bridgehead atoms. The minimum Gasteiger partial charge on any atom is -0.376 e. The zero-order chi connectivity index (χ0) is 23.5. The molecule has 3 aromatic rings. The first-order chi connectivity index (χ1) is 15.6. The fourth-order valence-electron chi connectivity index (χ4n) is 4.48. The number of hydrogen-bond acceptors (Lipinski definition) is 7. The normalized spacial score (nSPS) is 19.4. The Balaban J connectivity index is 1.52. The standard InChI is InChI=1S/C22H17N3O7S/c26-19-9-4-12-10-13(25(29)30)5-6-16(12)22(19,28)11-23-33(31,32)18-8-7-17-20-14(18)2-1-3-15(20)21(27)24-17/h1-3,5-8,10,23,28H,4,9,11H2,(H,24,27). The van der Waals surface area contributed by atoms with Crippen LogP contribution >= 0.6 is 0 Å². The van der Waals surface area contributed by atoms with Crippen LogP contribution in [0.25, 0.3) is 10.8 Å². The second kappa shape index (κ2) is 7.17. The van der Waals surface area contributed by atoms with Crippen LogP contribution in [-0.2, 0) is 26.8 Å². The lowest BCUT2D eigenvalue weighted by molar-refractivity contribution is -0.385. The molecule has 2 aliphatic rings. The van der Waals surface area contributed by atoms with Gasteiger partial charge in [0.05, 0.1) is 16.4 Å². The van der Waals surface area contributed by atoms with Gasteiger partial charge in [0.1, 0.15) is 0 Å². The number of Topliss-reactive ketones (excluding diaryl/α,β-unsaturated/α-hetero) is 1. The predicted octanol–water partition coefficient (Wildman–Crippen LogP) is 2.00.